The molecule has 2 aliphatic heterocycles. The van der Waals surface area contributed by atoms with Crippen LogP contribution in [0.2, 0.25) is 0 Å². The second kappa shape index (κ2) is 4.53. The second-order valence-corrected chi connectivity index (χ2v) is 4.75. The summed E-state index contributed by atoms with van der Waals surface area (Å²) in [7, 11) is 0. The van der Waals surface area contributed by atoms with Crippen molar-refractivity contribution in [3.63, 3.8) is 0 Å². The van der Waals surface area contributed by atoms with Crippen LogP contribution in [-0.4, -0.2) is 32.8 Å². The molecule has 0 radical (unpaired) electrons. The Bertz CT molecular complexity index is 361. The molecule has 0 spiro atoms. The van der Waals surface area contributed by atoms with E-state index >= 15 is 0 Å². The van der Waals surface area contributed by atoms with Crippen molar-refractivity contribution in [3.8, 4) is 0 Å². The molecule has 0 aromatic heterocycles. The molecule has 16 heavy (non-hydrogen) atoms. The summed E-state index contributed by atoms with van der Waals surface area (Å²) in [6.45, 7) is 6.55. The molecule has 1 saturated heterocycles. The number of rotatable bonds is 1. The van der Waals surface area contributed by atoms with Crippen molar-refractivity contribution in [3.05, 3.63) is 35.4 Å². The Balaban J connectivity index is 1.86. The number of nitrogens with two attached hydrogens (primary N) is 1. The van der Waals surface area contributed by atoms with Gasteiger partial charge in [0.15, 0.2) is 6.04 Å². The molecule has 2 heterocycles. The van der Waals surface area contributed by atoms with Gasteiger partial charge in [-0.2, -0.15) is 0 Å². The zero-order chi connectivity index (χ0) is 10.8. The lowest BCUT2D eigenvalue weighted by Gasteiger charge is -2.33. The predicted molar refractivity (Wildman–Crippen MR) is 61.2 cm³/mol. The van der Waals surface area contributed by atoms with Gasteiger partial charge in [0.1, 0.15) is 26.2 Å². The van der Waals surface area contributed by atoms with E-state index in [9.17, 15) is 0 Å². The van der Waals surface area contributed by atoms with E-state index in [0.29, 0.717) is 6.04 Å². The van der Waals surface area contributed by atoms with Crippen LogP contribution >= 0.6 is 0 Å². The lowest BCUT2D eigenvalue weighted by Crippen LogP contribution is -3.17. The smallest absolute Gasteiger partial charge is 0.163 e. The highest BCUT2D eigenvalue weighted by Crippen LogP contribution is 2.16. The fraction of sp³-hybridized carbons (Fsp3) is 0.538. The van der Waals surface area contributed by atoms with E-state index in [1.807, 2.05) is 0 Å². The van der Waals surface area contributed by atoms with Crippen molar-refractivity contribution in [2.24, 2.45) is 0 Å². The van der Waals surface area contributed by atoms with Gasteiger partial charge in [0.05, 0.1) is 13.2 Å². The molecular weight excluding hydrogens is 200 g/mol. The molecule has 0 aliphatic carbocycles. The van der Waals surface area contributed by atoms with E-state index in [1.165, 1.54) is 12.1 Å². The summed E-state index contributed by atoms with van der Waals surface area (Å²) in [6, 6.07) is 9.60. The van der Waals surface area contributed by atoms with Gasteiger partial charge in [0.25, 0.3) is 0 Å². The zero-order valence-corrected chi connectivity index (χ0v) is 9.61. The lowest BCUT2D eigenvalue weighted by molar-refractivity contribution is -0.954. The fourth-order valence-electron chi connectivity index (χ4n) is 2.96. The standard InChI is InChI=1S/C13H18N2O/c1-2-4-12-11(3-1)9-14-10-13(12)15-5-7-16-8-6-15/h1-4,13-14H,5-10H2/p+2/t13-/m0/s1. The summed E-state index contributed by atoms with van der Waals surface area (Å²) in [5.41, 5.74) is 3.10. The quantitative estimate of drug-likeness (QED) is 0.607. The number of hydrogen-bond acceptors (Lipinski definition) is 1. The number of ether oxygens (including phenoxy) is 1. The molecule has 3 rings (SSSR count). The molecule has 1 aromatic rings. The van der Waals surface area contributed by atoms with Crippen LogP contribution in [0.15, 0.2) is 24.3 Å². The maximum atomic E-state index is 5.45. The van der Waals surface area contributed by atoms with E-state index in [2.05, 4.69) is 29.6 Å². The summed E-state index contributed by atoms with van der Waals surface area (Å²) in [6.07, 6.45) is 0. The molecule has 1 aromatic carbocycles. The van der Waals surface area contributed by atoms with Crippen LogP contribution in [0.5, 0.6) is 0 Å². The van der Waals surface area contributed by atoms with Gasteiger partial charge in [-0.15, -0.1) is 0 Å². The maximum Gasteiger partial charge on any atom is 0.163 e. The molecule has 3 nitrogen and oxygen atoms in total. The maximum absolute atomic E-state index is 5.45. The van der Waals surface area contributed by atoms with Crippen molar-refractivity contribution >= 4 is 0 Å². The van der Waals surface area contributed by atoms with Crippen molar-refractivity contribution in [2.75, 3.05) is 32.8 Å². The van der Waals surface area contributed by atoms with Crippen LogP contribution in [0.25, 0.3) is 0 Å². The molecule has 2 aliphatic rings. The van der Waals surface area contributed by atoms with Gasteiger partial charge in [0.2, 0.25) is 0 Å². The van der Waals surface area contributed by atoms with Crippen molar-refractivity contribution in [1.82, 2.24) is 0 Å². The average molecular weight is 220 g/mol. The Hall–Kier alpha value is -0.900. The van der Waals surface area contributed by atoms with Gasteiger partial charge in [0, 0.05) is 11.1 Å². The third kappa shape index (κ3) is 1.86. The Labute approximate surface area is 96.4 Å². The molecule has 1 fully saturated rings. The molecule has 0 bridgehead atoms. The second-order valence-electron chi connectivity index (χ2n) is 4.75. The normalized spacial score (nSPS) is 26.4. The van der Waals surface area contributed by atoms with E-state index in [1.54, 1.807) is 10.5 Å². The SMILES string of the molecule is c1ccc2c(c1)C[NH2+]C[C@@H]2[NH+]1CCOCC1. The van der Waals surface area contributed by atoms with Crippen LogP contribution in [0.4, 0.5) is 0 Å². The summed E-state index contributed by atoms with van der Waals surface area (Å²) in [4.78, 5) is 1.70. The highest BCUT2D eigenvalue weighted by molar-refractivity contribution is 5.29. The molecule has 0 unspecified atom stereocenters. The fourth-order valence-corrected chi connectivity index (χ4v) is 2.96. The number of benzene rings is 1. The summed E-state index contributed by atoms with van der Waals surface area (Å²) >= 11 is 0. The zero-order valence-electron chi connectivity index (χ0n) is 9.61. The number of morpholine rings is 1. The molecular formula is C13H20N2O+2. The minimum Gasteiger partial charge on any atom is -0.370 e. The van der Waals surface area contributed by atoms with Crippen molar-refractivity contribution < 1.29 is 15.0 Å². The first-order valence-electron chi connectivity index (χ1n) is 6.27. The predicted octanol–water partition coefficient (Wildman–Crippen LogP) is -1.28. The third-order valence-electron chi connectivity index (χ3n) is 3.82. The lowest BCUT2D eigenvalue weighted by atomic mass is 9.95. The number of quaternary nitrogens is 2. The first kappa shape index (κ1) is 10.3. The van der Waals surface area contributed by atoms with E-state index < -0.39 is 0 Å². The van der Waals surface area contributed by atoms with Gasteiger partial charge in [-0.05, 0) is 0 Å². The van der Waals surface area contributed by atoms with Gasteiger partial charge in [-0.3, -0.25) is 0 Å². The molecule has 3 heteroatoms. The van der Waals surface area contributed by atoms with E-state index in [-0.39, 0.29) is 0 Å². The molecule has 86 valence electrons. The van der Waals surface area contributed by atoms with Crippen LogP contribution in [0.1, 0.15) is 17.2 Å². The minimum absolute atomic E-state index is 0.675. The first-order valence-corrected chi connectivity index (χ1v) is 6.27. The van der Waals surface area contributed by atoms with Crippen LogP contribution in [0.3, 0.4) is 0 Å². The van der Waals surface area contributed by atoms with Gasteiger partial charge in [-0.25, -0.2) is 0 Å². The van der Waals surface area contributed by atoms with Gasteiger partial charge < -0.3 is 15.0 Å². The summed E-state index contributed by atoms with van der Waals surface area (Å²) in [5.74, 6) is 0. The molecule has 0 saturated carbocycles. The van der Waals surface area contributed by atoms with Gasteiger partial charge in [-0.1, -0.05) is 24.3 Å². The minimum atomic E-state index is 0.675. The largest absolute Gasteiger partial charge is 0.370 e. The van der Waals surface area contributed by atoms with Crippen LogP contribution < -0.4 is 10.2 Å². The first-order chi connectivity index (χ1) is 7.95. The van der Waals surface area contributed by atoms with E-state index in [0.717, 1.165) is 32.8 Å². The Kier molecular flexibility index (Phi) is 2.91. The van der Waals surface area contributed by atoms with Crippen molar-refractivity contribution in [1.29, 1.82) is 0 Å². The number of nitrogens with one attached hydrogen (secondary N) is 1. The Morgan fingerprint density at radius 3 is 2.88 bits per heavy atom. The van der Waals surface area contributed by atoms with Crippen LogP contribution in [-0.2, 0) is 11.3 Å². The van der Waals surface area contributed by atoms with Crippen molar-refractivity contribution in [2.45, 2.75) is 12.6 Å². The highest BCUT2D eigenvalue weighted by Gasteiger charge is 2.32. The highest BCUT2D eigenvalue weighted by atomic mass is 16.5. The molecule has 1 atom stereocenters. The molecule has 3 N–H and O–H groups in total. The Morgan fingerprint density at radius 2 is 2.00 bits per heavy atom. The number of hydrogen-bond donors (Lipinski definition) is 2. The monoisotopic (exact) mass is 220 g/mol. The van der Waals surface area contributed by atoms with E-state index in [4.69, 9.17) is 4.74 Å². The topological polar surface area (TPSA) is 30.3 Å². The Morgan fingerprint density at radius 1 is 1.19 bits per heavy atom. The summed E-state index contributed by atoms with van der Waals surface area (Å²) < 4.78 is 5.45. The average Bonchev–Trinajstić information content (AvgIpc) is 2.39. The number of fused-ring (bicyclic) bond motifs is 1. The third-order valence-corrected chi connectivity index (χ3v) is 3.82. The van der Waals surface area contributed by atoms with Gasteiger partial charge >= 0.3 is 0 Å². The summed E-state index contributed by atoms with van der Waals surface area (Å²) in [5, 5.41) is 2.44. The van der Waals surface area contributed by atoms with Crippen LogP contribution in [0, 0.1) is 0 Å². The molecule has 0 amide bonds.